The number of carbonyl (C=O) groups excluding carboxylic acids is 2. The average Bonchev–Trinajstić information content (AvgIpc) is 2.95. The number of nitrogens with one attached hydrogen (secondary N) is 2. The van der Waals surface area contributed by atoms with Crippen LogP contribution in [0.1, 0.15) is 26.3 Å². The van der Waals surface area contributed by atoms with E-state index >= 15 is 0 Å². The number of benzene rings is 2. The largest absolute Gasteiger partial charge is 0.497 e. The molecule has 14 heteroatoms. The van der Waals surface area contributed by atoms with Crippen LogP contribution >= 0.6 is 7.75 Å². The topological polar surface area (TPSA) is 182 Å². The molecule has 7 atom stereocenters. The fourth-order valence-electron chi connectivity index (χ4n) is 4.08. The van der Waals surface area contributed by atoms with Gasteiger partial charge in [-0.1, -0.05) is 44.2 Å². The molecule has 2 aromatic carbocycles. The lowest BCUT2D eigenvalue weighted by Crippen LogP contribution is -2.64. The number of amides is 1. The van der Waals surface area contributed by atoms with E-state index in [9.17, 15) is 29.5 Å². The van der Waals surface area contributed by atoms with E-state index in [0.29, 0.717) is 5.75 Å². The Hall–Kier alpha value is -3.03. The quantitative estimate of drug-likeness (QED) is 0.166. The molecule has 0 saturated carbocycles. The third-order valence-corrected chi connectivity index (χ3v) is 7.80. The zero-order valence-corrected chi connectivity index (χ0v) is 24.1. The lowest BCUT2D eigenvalue weighted by molar-refractivity contribution is -0.249. The van der Waals surface area contributed by atoms with E-state index in [-0.39, 0.29) is 12.4 Å². The van der Waals surface area contributed by atoms with Crippen molar-refractivity contribution in [1.82, 2.24) is 10.4 Å². The number of hydrogen-bond donors (Lipinski definition) is 5. The molecule has 1 fully saturated rings. The SMILES string of the molecule is COc1ccc(OP(=O)(NC(C(=O)OCc2ccccc2)C(C)C)O[C@H]2[C@H](O)[C@@H](NC(C)=O)[C@@H](O)O[C@@H]2CO)cc1. The minimum atomic E-state index is -4.60. The number of methoxy groups -OCH3 is 1. The number of rotatable bonds is 13. The third-order valence-electron chi connectivity index (χ3n) is 6.23. The van der Waals surface area contributed by atoms with E-state index < -0.39 is 68.8 Å². The Labute approximate surface area is 238 Å². The molecule has 5 N–H and O–H groups in total. The first kappa shape index (κ1) is 32.5. The van der Waals surface area contributed by atoms with Gasteiger partial charge in [0.1, 0.15) is 48.5 Å². The number of aliphatic hydroxyl groups excluding tert-OH is 3. The molecule has 0 radical (unpaired) electrons. The summed E-state index contributed by atoms with van der Waals surface area (Å²) >= 11 is 0. The maximum absolute atomic E-state index is 14.3. The predicted octanol–water partition coefficient (Wildman–Crippen LogP) is 1.50. The first-order chi connectivity index (χ1) is 19.5. The van der Waals surface area contributed by atoms with Crippen LogP contribution in [0, 0.1) is 5.92 Å². The molecule has 1 aliphatic rings. The molecule has 1 amide bonds. The van der Waals surface area contributed by atoms with Gasteiger partial charge in [-0.3, -0.25) is 14.1 Å². The number of carbonyl (C=O) groups is 2. The number of esters is 1. The number of hydrogen-bond acceptors (Lipinski definition) is 11. The van der Waals surface area contributed by atoms with Crippen molar-refractivity contribution in [3.8, 4) is 11.5 Å². The molecular weight excluding hydrogens is 559 g/mol. The van der Waals surface area contributed by atoms with Crippen LogP contribution in [0.5, 0.6) is 11.5 Å². The van der Waals surface area contributed by atoms with Crippen molar-refractivity contribution >= 4 is 19.6 Å². The molecule has 226 valence electrons. The van der Waals surface area contributed by atoms with Crippen LogP contribution in [0.3, 0.4) is 0 Å². The van der Waals surface area contributed by atoms with Crippen molar-refractivity contribution in [2.24, 2.45) is 5.92 Å². The Morgan fingerprint density at radius 2 is 1.68 bits per heavy atom. The zero-order chi connectivity index (χ0) is 30.2. The summed E-state index contributed by atoms with van der Waals surface area (Å²) in [6.07, 6.45) is -6.35. The maximum atomic E-state index is 14.3. The molecule has 0 spiro atoms. The molecule has 41 heavy (non-hydrogen) atoms. The number of aliphatic hydroxyl groups is 3. The lowest BCUT2D eigenvalue weighted by atomic mass is 9.97. The monoisotopic (exact) mass is 596 g/mol. The molecule has 2 unspecified atom stereocenters. The van der Waals surface area contributed by atoms with Gasteiger partial charge in [-0.05, 0) is 35.7 Å². The van der Waals surface area contributed by atoms with Crippen LogP contribution in [-0.4, -0.2) is 77.6 Å². The van der Waals surface area contributed by atoms with Crippen LogP contribution in [0.25, 0.3) is 0 Å². The Kier molecular flexibility index (Phi) is 11.7. The van der Waals surface area contributed by atoms with Gasteiger partial charge in [0.2, 0.25) is 5.91 Å². The second-order valence-electron chi connectivity index (χ2n) is 9.74. The molecule has 2 aromatic rings. The van der Waals surface area contributed by atoms with Crippen molar-refractivity contribution in [1.29, 1.82) is 0 Å². The predicted molar refractivity (Wildman–Crippen MR) is 146 cm³/mol. The van der Waals surface area contributed by atoms with Crippen LogP contribution in [0.15, 0.2) is 54.6 Å². The highest BCUT2D eigenvalue weighted by molar-refractivity contribution is 7.52. The smallest absolute Gasteiger partial charge is 0.459 e. The summed E-state index contributed by atoms with van der Waals surface area (Å²) in [6.45, 7) is 3.77. The highest BCUT2D eigenvalue weighted by atomic mass is 31.2. The fraction of sp³-hybridized carbons (Fsp3) is 0.481. The minimum absolute atomic E-state index is 0.0346. The fourth-order valence-corrected chi connectivity index (χ4v) is 5.96. The number of ether oxygens (including phenoxy) is 3. The standard InChI is InChI=1S/C27H37N2O11P/c1-16(2)22(26(33)37-15-18-8-6-5-7-9-18)29-41(35,39-20-12-10-19(36-4)11-13-20)40-25-21(14-30)38-27(34)23(24(25)32)28-17(3)31/h5-13,16,21-25,27,30,32,34H,14-15H2,1-4H3,(H,28,31)(H,29,35)/t21-,22?,23-,24-,25-,27+,41?/m1/s1. The van der Waals surface area contributed by atoms with Crippen LogP contribution in [0.2, 0.25) is 0 Å². The highest BCUT2D eigenvalue weighted by Gasteiger charge is 2.50. The normalized spacial score (nSPS) is 24.6. The molecule has 0 aromatic heterocycles. The van der Waals surface area contributed by atoms with E-state index in [1.54, 1.807) is 50.2 Å². The van der Waals surface area contributed by atoms with Crippen molar-refractivity contribution in [2.45, 2.75) is 64.1 Å². The van der Waals surface area contributed by atoms with Crippen molar-refractivity contribution in [2.75, 3.05) is 13.7 Å². The van der Waals surface area contributed by atoms with E-state index in [1.807, 2.05) is 6.07 Å². The molecule has 0 bridgehead atoms. The summed E-state index contributed by atoms with van der Waals surface area (Å²) in [5, 5.41) is 36.2. The van der Waals surface area contributed by atoms with Crippen LogP contribution in [-0.2, 0) is 34.8 Å². The van der Waals surface area contributed by atoms with Gasteiger partial charge in [0, 0.05) is 6.92 Å². The van der Waals surface area contributed by atoms with Gasteiger partial charge in [-0.2, -0.15) is 5.09 Å². The molecular formula is C27H37N2O11P. The molecule has 0 aliphatic carbocycles. The van der Waals surface area contributed by atoms with Gasteiger partial charge in [0.25, 0.3) is 0 Å². The summed E-state index contributed by atoms with van der Waals surface area (Å²) in [7, 11) is -3.13. The van der Waals surface area contributed by atoms with E-state index in [0.717, 1.165) is 5.56 Å². The zero-order valence-electron chi connectivity index (χ0n) is 23.2. The molecule has 1 saturated heterocycles. The molecule has 1 heterocycles. The molecule has 13 nitrogen and oxygen atoms in total. The van der Waals surface area contributed by atoms with Gasteiger partial charge in [0.05, 0.1) is 13.7 Å². The van der Waals surface area contributed by atoms with Crippen LogP contribution < -0.4 is 19.7 Å². The Morgan fingerprint density at radius 3 is 2.24 bits per heavy atom. The minimum Gasteiger partial charge on any atom is -0.497 e. The summed E-state index contributed by atoms with van der Waals surface area (Å²) in [6, 6.07) is 12.4. The van der Waals surface area contributed by atoms with Gasteiger partial charge in [0.15, 0.2) is 6.29 Å². The lowest BCUT2D eigenvalue weighted by Gasteiger charge is -2.43. The van der Waals surface area contributed by atoms with Gasteiger partial charge >= 0.3 is 13.7 Å². The third kappa shape index (κ3) is 8.98. The Balaban J connectivity index is 1.91. The molecule has 1 aliphatic heterocycles. The Bertz CT molecular complexity index is 1180. The van der Waals surface area contributed by atoms with Crippen LogP contribution in [0.4, 0.5) is 0 Å². The Morgan fingerprint density at radius 1 is 1.05 bits per heavy atom. The highest BCUT2D eigenvalue weighted by Crippen LogP contribution is 2.48. The van der Waals surface area contributed by atoms with Gasteiger partial charge < -0.3 is 39.4 Å². The molecule has 3 rings (SSSR count). The summed E-state index contributed by atoms with van der Waals surface area (Å²) in [5.74, 6) is -1.24. The van der Waals surface area contributed by atoms with E-state index in [1.165, 1.54) is 26.2 Å². The second kappa shape index (κ2) is 14.7. The summed E-state index contributed by atoms with van der Waals surface area (Å²) < 4.78 is 41.8. The van der Waals surface area contributed by atoms with Crippen molar-refractivity contribution in [3.63, 3.8) is 0 Å². The van der Waals surface area contributed by atoms with Gasteiger partial charge in [-0.25, -0.2) is 4.57 Å². The maximum Gasteiger partial charge on any atom is 0.459 e. The van der Waals surface area contributed by atoms with E-state index in [2.05, 4.69) is 10.4 Å². The van der Waals surface area contributed by atoms with Crippen molar-refractivity contribution in [3.05, 3.63) is 60.2 Å². The summed E-state index contributed by atoms with van der Waals surface area (Å²) in [5.41, 5.74) is 0.744. The summed E-state index contributed by atoms with van der Waals surface area (Å²) in [4.78, 5) is 24.8. The van der Waals surface area contributed by atoms with Gasteiger partial charge in [-0.15, -0.1) is 0 Å². The first-order valence-corrected chi connectivity index (χ1v) is 14.5. The first-order valence-electron chi connectivity index (χ1n) is 13.0. The van der Waals surface area contributed by atoms with Crippen molar-refractivity contribution < 1.29 is 52.7 Å². The second-order valence-corrected chi connectivity index (χ2v) is 11.4. The average molecular weight is 597 g/mol. The van der Waals surface area contributed by atoms with E-state index in [4.69, 9.17) is 23.3 Å².